The predicted octanol–water partition coefficient (Wildman–Crippen LogP) is 5.11. The van der Waals surface area contributed by atoms with E-state index >= 15 is 0 Å². The van der Waals surface area contributed by atoms with Crippen LogP contribution in [-0.2, 0) is 6.54 Å². The van der Waals surface area contributed by atoms with Crippen molar-refractivity contribution in [2.45, 2.75) is 26.1 Å². The summed E-state index contributed by atoms with van der Waals surface area (Å²) in [6, 6.07) is 12.8. The highest BCUT2D eigenvalue weighted by Crippen LogP contribution is 2.28. The van der Waals surface area contributed by atoms with Gasteiger partial charge in [-0.15, -0.1) is 0 Å². The van der Waals surface area contributed by atoms with Crippen LogP contribution in [0.25, 0.3) is 33.6 Å². The van der Waals surface area contributed by atoms with E-state index in [0.717, 1.165) is 11.1 Å². The van der Waals surface area contributed by atoms with Crippen LogP contribution in [-0.4, -0.2) is 20.7 Å². The van der Waals surface area contributed by atoms with Gasteiger partial charge in [-0.3, -0.25) is 0 Å². The molecule has 4 nitrogen and oxygen atoms in total. The van der Waals surface area contributed by atoms with Crippen molar-refractivity contribution >= 4 is 22.1 Å². The maximum Gasteiger partial charge on any atom is 0.390 e. The standard InChI is InChI=1S/C18H14F3N3O/c1-11-22-14-10-12(17-23-13-4-2-3-5-16(13)25-17)6-7-15(14)24(11)9-8-18(19,20)21/h2-7,10H,8-9H2,1H3. The molecule has 2 heterocycles. The minimum Gasteiger partial charge on any atom is -0.436 e. The Labute approximate surface area is 140 Å². The van der Waals surface area contributed by atoms with Crippen LogP contribution in [0.5, 0.6) is 0 Å². The van der Waals surface area contributed by atoms with Crippen LogP contribution >= 0.6 is 0 Å². The largest absolute Gasteiger partial charge is 0.436 e. The van der Waals surface area contributed by atoms with E-state index in [0.29, 0.717) is 28.3 Å². The fraction of sp³-hybridized carbons (Fsp3) is 0.222. The first-order valence-electron chi connectivity index (χ1n) is 7.80. The molecule has 0 saturated heterocycles. The lowest BCUT2D eigenvalue weighted by atomic mass is 10.2. The number of hydrogen-bond acceptors (Lipinski definition) is 3. The van der Waals surface area contributed by atoms with E-state index in [1.807, 2.05) is 24.3 Å². The molecule has 128 valence electrons. The topological polar surface area (TPSA) is 43.9 Å². The summed E-state index contributed by atoms with van der Waals surface area (Å²) < 4.78 is 44.9. The summed E-state index contributed by atoms with van der Waals surface area (Å²) in [6.45, 7) is 1.56. The maximum atomic E-state index is 12.5. The van der Waals surface area contributed by atoms with Gasteiger partial charge in [-0.1, -0.05) is 12.1 Å². The third-order valence-electron chi connectivity index (χ3n) is 4.10. The molecule has 2 aromatic carbocycles. The Morgan fingerprint density at radius 1 is 1.04 bits per heavy atom. The molecule has 4 aromatic rings. The minimum atomic E-state index is -4.19. The zero-order valence-corrected chi connectivity index (χ0v) is 13.3. The van der Waals surface area contributed by atoms with Gasteiger partial charge in [-0.05, 0) is 37.3 Å². The van der Waals surface area contributed by atoms with Crippen molar-refractivity contribution in [1.82, 2.24) is 14.5 Å². The lowest BCUT2D eigenvalue weighted by Gasteiger charge is -2.09. The SMILES string of the molecule is Cc1nc2cc(-c3nc4ccccc4o3)ccc2n1CCC(F)(F)F. The van der Waals surface area contributed by atoms with Gasteiger partial charge in [0, 0.05) is 12.1 Å². The Kier molecular flexibility index (Phi) is 3.52. The molecule has 0 N–H and O–H groups in total. The van der Waals surface area contributed by atoms with Gasteiger partial charge in [0.1, 0.15) is 11.3 Å². The van der Waals surface area contributed by atoms with E-state index in [2.05, 4.69) is 9.97 Å². The van der Waals surface area contributed by atoms with Crippen LogP contribution in [0.3, 0.4) is 0 Å². The summed E-state index contributed by atoms with van der Waals surface area (Å²) in [5, 5.41) is 0. The summed E-state index contributed by atoms with van der Waals surface area (Å²) in [6.07, 6.45) is -5.08. The van der Waals surface area contributed by atoms with Crippen LogP contribution in [0.2, 0.25) is 0 Å². The van der Waals surface area contributed by atoms with E-state index < -0.39 is 12.6 Å². The van der Waals surface area contributed by atoms with Crippen LogP contribution < -0.4 is 0 Å². The third-order valence-corrected chi connectivity index (χ3v) is 4.10. The molecule has 0 amide bonds. The number of oxazole rings is 1. The Bertz CT molecular complexity index is 1030. The van der Waals surface area contributed by atoms with Gasteiger partial charge in [0.15, 0.2) is 5.58 Å². The minimum absolute atomic E-state index is 0.145. The second-order valence-electron chi connectivity index (χ2n) is 5.87. The highest BCUT2D eigenvalue weighted by Gasteiger charge is 2.27. The Balaban J connectivity index is 1.73. The van der Waals surface area contributed by atoms with Crippen molar-refractivity contribution in [2.24, 2.45) is 0 Å². The number of nitrogens with zero attached hydrogens (tertiary/aromatic N) is 3. The molecule has 4 rings (SSSR count). The molecule has 0 radical (unpaired) electrons. The summed E-state index contributed by atoms with van der Waals surface area (Å²) in [7, 11) is 0. The van der Waals surface area contributed by atoms with Gasteiger partial charge in [0.25, 0.3) is 0 Å². The van der Waals surface area contributed by atoms with E-state index in [4.69, 9.17) is 4.42 Å². The van der Waals surface area contributed by atoms with Gasteiger partial charge in [-0.2, -0.15) is 13.2 Å². The number of alkyl halides is 3. The molecule has 0 spiro atoms. The normalized spacial score (nSPS) is 12.3. The van der Waals surface area contributed by atoms with E-state index in [1.165, 1.54) is 0 Å². The molecule has 0 aliphatic carbocycles. The first-order valence-corrected chi connectivity index (χ1v) is 7.80. The monoisotopic (exact) mass is 345 g/mol. The van der Waals surface area contributed by atoms with Crippen LogP contribution in [0.1, 0.15) is 12.2 Å². The molecule has 2 aromatic heterocycles. The highest BCUT2D eigenvalue weighted by molar-refractivity contribution is 5.83. The fourth-order valence-electron chi connectivity index (χ4n) is 2.90. The number of imidazole rings is 1. The van der Waals surface area contributed by atoms with Gasteiger partial charge >= 0.3 is 6.18 Å². The van der Waals surface area contributed by atoms with Gasteiger partial charge in [0.2, 0.25) is 5.89 Å². The van der Waals surface area contributed by atoms with Crippen molar-refractivity contribution in [1.29, 1.82) is 0 Å². The molecule has 0 unspecified atom stereocenters. The second kappa shape index (κ2) is 5.61. The van der Waals surface area contributed by atoms with Crippen LogP contribution in [0.4, 0.5) is 13.2 Å². The van der Waals surface area contributed by atoms with E-state index in [9.17, 15) is 13.2 Å². The number of hydrogen-bond donors (Lipinski definition) is 0. The molecule has 0 bridgehead atoms. The maximum absolute atomic E-state index is 12.5. The van der Waals surface area contributed by atoms with Gasteiger partial charge in [0.05, 0.1) is 17.5 Å². The molecule has 7 heteroatoms. The average Bonchev–Trinajstić information content (AvgIpc) is 3.11. The lowest BCUT2D eigenvalue weighted by molar-refractivity contribution is -0.136. The lowest BCUT2D eigenvalue weighted by Crippen LogP contribution is -2.13. The smallest absolute Gasteiger partial charge is 0.390 e. The Morgan fingerprint density at radius 3 is 2.60 bits per heavy atom. The third kappa shape index (κ3) is 2.97. The summed E-state index contributed by atoms with van der Waals surface area (Å²) in [5.74, 6) is 1.01. The molecule has 0 aliphatic heterocycles. The van der Waals surface area contributed by atoms with Crippen LogP contribution in [0.15, 0.2) is 46.9 Å². The Morgan fingerprint density at radius 2 is 1.84 bits per heavy atom. The van der Waals surface area contributed by atoms with Crippen molar-refractivity contribution in [2.75, 3.05) is 0 Å². The van der Waals surface area contributed by atoms with Gasteiger partial charge < -0.3 is 8.98 Å². The number of rotatable bonds is 3. The van der Waals surface area contributed by atoms with Crippen molar-refractivity contribution in [3.63, 3.8) is 0 Å². The highest BCUT2D eigenvalue weighted by atomic mass is 19.4. The quantitative estimate of drug-likeness (QED) is 0.518. The number of halogens is 3. The first kappa shape index (κ1) is 15.7. The molecule has 0 fully saturated rings. The second-order valence-corrected chi connectivity index (χ2v) is 5.87. The van der Waals surface area contributed by atoms with E-state index in [1.54, 1.807) is 29.7 Å². The molecular weight excluding hydrogens is 331 g/mol. The number of fused-ring (bicyclic) bond motifs is 2. The number of aryl methyl sites for hydroxylation is 2. The number of aromatic nitrogens is 3. The summed E-state index contributed by atoms with van der Waals surface area (Å²) in [4.78, 5) is 8.82. The predicted molar refractivity (Wildman–Crippen MR) is 88.1 cm³/mol. The molecule has 0 saturated carbocycles. The summed E-state index contributed by atoms with van der Waals surface area (Å²) in [5.41, 5.74) is 3.47. The number of para-hydroxylation sites is 2. The zero-order valence-electron chi connectivity index (χ0n) is 13.3. The van der Waals surface area contributed by atoms with Gasteiger partial charge in [-0.25, -0.2) is 9.97 Å². The van der Waals surface area contributed by atoms with Crippen LogP contribution in [0, 0.1) is 6.92 Å². The fourth-order valence-corrected chi connectivity index (χ4v) is 2.90. The molecule has 25 heavy (non-hydrogen) atoms. The first-order chi connectivity index (χ1) is 11.9. The Hall–Kier alpha value is -2.83. The summed E-state index contributed by atoms with van der Waals surface area (Å²) >= 11 is 0. The number of benzene rings is 2. The van der Waals surface area contributed by atoms with E-state index in [-0.39, 0.29) is 6.54 Å². The molecule has 0 aliphatic rings. The van der Waals surface area contributed by atoms with Crippen molar-refractivity contribution in [3.8, 4) is 11.5 Å². The molecule has 0 atom stereocenters. The molecular formula is C18H14F3N3O. The van der Waals surface area contributed by atoms with Crippen molar-refractivity contribution < 1.29 is 17.6 Å². The van der Waals surface area contributed by atoms with Crippen molar-refractivity contribution in [3.05, 3.63) is 48.3 Å². The zero-order chi connectivity index (χ0) is 17.6. The average molecular weight is 345 g/mol.